The van der Waals surface area contributed by atoms with Crippen LogP contribution in [-0.4, -0.2) is 40.6 Å². The molecule has 0 aromatic carbocycles. The minimum absolute atomic E-state index is 0.0281. The third-order valence-electron chi connectivity index (χ3n) is 3.91. The summed E-state index contributed by atoms with van der Waals surface area (Å²) in [6, 6.07) is 1.07. The van der Waals surface area contributed by atoms with E-state index in [9.17, 15) is 9.59 Å². The van der Waals surface area contributed by atoms with E-state index in [1.165, 1.54) is 0 Å². The second-order valence-electron chi connectivity index (χ2n) is 5.85. The largest absolute Gasteiger partial charge is 0.361 e. The van der Waals surface area contributed by atoms with E-state index in [0.717, 1.165) is 25.8 Å². The fourth-order valence-electron chi connectivity index (χ4n) is 2.66. The highest BCUT2D eigenvalue weighted by atomic mass is 16.5. The van der Waals surface area contributed by atoms with Crippen molar-refractivity contribution in [2.24, 2.45) is 0 Å². The minimum atomic E-state index is -0.542. The topological polar surface area (TPSA) is 87.5 Å². The molecule has 1 aliphatic rings. The van der Waals surface area contributed by atoms with Crippen molar-refractivity contribution >= 4 is 11.9 Å². The molecule has 1 aromatic rings. The van der Waals surface area contributed by atoms with E-state index in [4.69, 9.17) is 4.52 Å². The molecule has 2 rings (SSSR count). The van der Waals surface area contributed by atoms with Gasteiger partial charge in [0.05, 0.1) is 6.54 Å². The summed E-state index contributed by atoms with van der Waals surface area (Å²) >= 11 is 0. The molecule has 3 amide bonds. The zero-order valence-electron chi connectivity index (χ0n) is 13.4. The van der Waals surface area contributed by atoms with Gasteiger partial charge in [-0.05, 0) is 40.0 Å². The maximum Gasteiger partial charge on any atom is 0.315 e. The predicted molar refractivity (Wildman–Crippen MR) is 81.1 cm³/mol. The summed E-state index contributed by atoms with van der Waals surface area (Å²) in [5.41, 5.74) is 0.649. The predicted octanol–water partition coefficient (Wildman–Crippen LogP) is 1.57. The first-order chi connectivity index (χ1) is 10.5. The Balaban J connectivity index is 1.78. The third kappa shape index (κ3) is 4.22. The summed E-state index contributed by atoms with van der Waals surface area (Å²) in [6.07, 6.45) is 3.21. The highest BCUT2D eigenvalue weighted by Crippen LogP contribution is 2.17. The average molecular weight is 308 g/mol. The van der Waals surface area contributed by atoms with E-state index in [0.29, 0.717) is 11.5 Å². The highest BCUT2D eigenvalue weighted by molar-refractivity contribution is 5.86. The average Bonchev–Trinajstić information content (AvgIpc) is 2.90. The maximum atomic E-state index is 12.4. The van der Waals surface area contributed by atoms with Gasteiger partial charge in [-0.2, -0.15) is 0 Å². The Bertz CT molecular complexity index is 529. The van der Waals surface area contributed by atoms with E-state index in [-0.39, 0.29) is 24.5 Å². The van der Waals surface area contributed by atoms with Gasteiger partial charge in [0.15, 0.2) is 0 Å². The number of nitrogens with zero attached hydrogens (tertiary/aromatic N) is 2. The molecule has 0 aliphatic carbocycles. The molecule has 0 radical (unpaired) electrons. The van der Waals surface area contributed by atoms with E-state index < -0.39 is 6.04 Å². The first-order valence-electron chi connectivity index (χ1n) is 7.74. The number of aromatic nitrogens is 1. The normalized spacial score (nSPS) is 19.6. The summed E-state index contributed by atoms with van der Waals surface area (Å²) in [6.45, 7) is 6.59. The lowest BCUT2D eigenvalue weighted by Crippen LogP contribution is -2.53. The lowest BCUT2D eigenvalue weighted by atomic mass is 10.0. The molecule has 0 bridgehead atoms. The summed E-state index contributed by atoms with van der Waals surface area (Å²) in [4.78, 5) is 26.1. The smallest absolute Gasteiger partial charge is 0.315 e. The van der Waals surface area contributed by atoms with Gasteiger partial charge in [-0.25, -0.2) is 4.79 Å². The van der Waals surface area contributed by atoms with Crippen molar-refractivity contribution in [3.05, 3.63) is 17.5 Å². The number of urea groups is 1. The van der Waals surface area contributed by atoms with Crippen molar-refractivity contribution in [2.75, 3.05) is 6.54 Å². The molecule has 1 aromatic heterocycles. The fourth-order valence-corrected chi connectivity index (χ4v) is 2.66. The van der Waals surface area contributed by atoms with Crippen molar-refractivity contribution < 1.29 is 14.1 Å². The van der Waals surface area contributed by atoms with Crippen LogP contribution < -0.4 is 10.6 Å². The van der Waals surface area contributed by atoms with Gasteiger partial charge < -0.3 is 20.1 Å². The number of rotatable bonds is 4. The van der Waals surface area contributed by atoms with Gasteiger partial charge in [0.25, 0.3) is 0 Å². The molecule has 2 heterocycles. The first-order valence-corrected chi connectivity index (χ1v) is 7.74. The van der Waals surface area contributed by atoms with Crippen LogP contribution in [0.4, 0.5) is 4.79 Å². The number of carbonyl (C=O) groups excluding carboxylic acids is 2. The second-order valence-corrected chi connectivity index (χ2v) is 5.85. The molecule has 1 aliphatic heterocycles. The van der Waals surface area contributed by atoms with E-state index in [1.54, 1.807) is 19.9 Å². The van der Waals surface area contributed by atoms with Gasteiger partial charge in [-0.1, -0.05) is 5.16 Å². The second kappa shape index (κ2) is 7.29. The molecule has 0 unspecified atom stereocenters. The Morgan fingerprint density at radius 3 is 2.91 bits per heavy atom. The Labute approximate surface area is 130 Å². The Hall–Kier alpha value is -2.05. The Kier molecular flexibility index (Phi) is 5.41. The molecule has 2 N–H and O–H groups in total. The van der Waals surface area contributed by atoms with Crippen LogP contribution in [0.25, 0.3) is 0 Å². The first kappa shape index (κ1) is 16.3. The van der Waals surface area contributed by atoms with Crippen LogP contribution in [-0.2, 0) is 11.3 Å². The number of hydrogen-bond donors (Lipinski definition) is 2. The van der Waals surface area contributed by atoms with Gasteiger partial charge in [0.1, 0.15) is 17.5 Å². The summed E-state index contributed by atoms with van der Waals surface area (Å²) in [5.74, 6) is 0.666. The number of aryl methyl sites for hydroxylation is 1. The van der Waals surface area contributed by atoms with Gasteiger partial charge in [0, 0.05) is 18.7 Å². The minimum Gasteiger partial charge on any atom is -0.361 e. The van der Waals surface area contributed by atoms with Gasteiger partial charge >= 0.3 is 6.03 Å². The quantitative estimate of drug-likeness (QED) is 0.884. The van der Waals surface area contributed by atoms with Crippen LogP contribution in [0, 0.1) is 6.92 Å². The molecule has 1 fully saturated rings. The SMILES string of the molecule is Cc1cc(CNC(=O)N[C@H](C)C(=O)N2CCCC[C@@H]2C)no1. The number of carbonyl (C=O) groups is 2. The number of likely N-dealkylation sites (tertiary alicyclic amines) is 1. The van der Waals surface area contributed by atoms with Crippen LogP contribution >= 0.6 is 0 Å². The zero-order valence-corrected chi connectivity index (χ0v) is 13.4. The van der Waals surface area contributed by atoms with E-state index in [1.807, 2.05) is 4.90 Å². The molecule has 122 valence electrons. The molecule has 0 spiro atoms. The van der Waals surface area contributed by atoms with Crippen molar-refractivity contribution in [3.8, 4) is 0 Å². The van der Waals surface area contributed by atoms with Crippen molar-refractivity contribution in [1.29, 1.82) is 0 Å². The zero-order chi connectivity index (χ0) is 16.1. The Morgan fingerprint density at radius 2 is 2.27 bits per heavy atom. The van der Waals surface area contributed by atoms with E-state index >= 15 is 0 Å². The van der Waals surface area contributed by atoms with Crippen molar-refractivity contribution in [3.63, 3.8) is 0 Å². The van der Waals surface area contributed by atoms with Crippen molar-refractivity contribution in [1.82, 2.24) is 20.7 Å². The van der Waals surface area contributed by atoms with Gasteiger partial charge in [-0.15, -0.1) is 0 Å². The molecule has 7 heteroatoms. The van der Waals surface area contributed by atoms with Crippen LogP contribution in [0.2, 0.25) is 0 Å². The van der Waals surface area contributed by atoms with Crippen LogP contribution in [0.5, 0.6) is 0 Å². The van der Waals surface area contributed by atoms with Gasteiger partial charge in [0.2, 0.25) is 5.91 Å². The Morgan fingerprint density at radius 1 is 1.50 bits per heavy atom. The monoisotopic (exact) mass is 308 g/mol. The fraction of sp³-hybridized carbons (Fsp3) is 0.667. The highest BCUT2D eigenvalue weighted by Gasteiger charge is 2.27. The molecule has 22 heavy (non-hydrogen) atoms. The summed E-state index contributed by atoms with van der Waals surface area (Å²) < 4.78 is 4.92. The standard InChI is InChI=1S/C15H24N4O3/c1-10-6-4-5-7-19(10)14(20)12(3)17-15(21)16-9-13-8-11(2)22-18-13/h8,10,12H,4-7,9H2,1-3H3,(H2,16,17,21)/t10-,12+/m0/s1. The number of piperidine rings is 1. The van der Waals surface area contributed by atoms with E-state index in [2.05, 4.69) is 22.7 Å². The molecule has 2 atom stereocenters. The van der Waals surface area contributed by atoms with Crippen LogP contribution in [0.15, 0.2) is 10.6 Å². The summed E-state index contributed by atoms with van der Waals surface area (Å²) in [7, 11) is 0. The molecule has 7 nitrogen and oxygen atoms in total. The van der Waals surface area contributed by atoms with Crippen LogP contribution in [0.1, 0.15) is 44.6 Å². The third-order valence-corrected chi connectivity index (χ3v) is 3.91. The van der Waals surface area contributed by atoms with Crippen molar-refractivity contribution in [2.45, 2.75) is 58.7 Å². The number of hydrogen-bond acceptors (Lipinski definition) is 4. The lowest BCUT2D eigenvalue weighted by molar-refractivity contribution is -0.136. The summed E-state index contributed by atoms with van der Waals surface area (Å²) in [5, 5.41) is 9.14. The number of nitrogens with one attached hydrogen (secondary N) is 2. The molecular weight excluding hydrogens is 284 g/mol. The molecular formula is C15H24N4O3. The molecule has 0 saturated carbocycles. The van der Waals surface area contributed by atoms with Crippen LogP contribution in [0.3, 0.4) is 0 Å². The maximum absolute atomic E-state index is 12.4. The molecule has 1 saturated heterocycles. The lowest BCUT2D eigenvalue weighted by Gasteiger charge is -2.35. The van der Waals surface area contributed by atoms with Gasteiger partial charge in [-0.3, -0.25) is 4.79 Å². The number of amides is 3.